The number of ether oxygens (including phenoxy) is 1. The van der Waals surface area contributed by atoms with E-state index in [1.165, 1.54) is 22.9 Å². The minimum atomic E-state index is -4.76. The smallest absolute Gasteiger partial charge is 0.406 e. The van der Waals surface area contributed by atoms with Crippen LogP contribution >= 0.6 is 0 Å². The number of piperazine rings is 1. The predicted octanol–water partition coefficient (Wildman–Crippen LogP) is 2.63. The van der Waals surface area contributed by atoms with E-state index in [1.807, 2.05) is 12.1 Å². The predicted molar refractivity (Wildman–Crippen MR) is 99.4 cm³/mol. The van der Waals surface area contributed by atoms with Gasteiger partial charge >= 0.3 is 6.36 Å². The van der Waals surface area contributed by atoms with Crippen molar-refractivity contribution in [1.29, 1.82) is 0 Å². The van der Waals surface area contributed by atoms with Crippen LogP contribution in [0.3, 0.4) is 0 Å². The van der Waals surface area contributed by atoms with Gasteiger partial charge in [0.1, 0.15) is 11.4 Å². The van der Waals surface area contributed by atoms with Crippen LogP contribution in [0.5, 0.6) is 5.75 Å². The molecule has 1 fully saturated rings. The normalized spacial score (nSPS) is 15.4. The number of hydrogen-bond donors (Lipinski definition) is 1. The first-order valence-electron chi connectivity index (χ1n) is 9.14. The van der Waals surface area contributed by atoms with Crippen LogP contribution in [0.2, 0.25) is 0 Å². The summed E-state index contributed by atoms with van der Waals surface area (Å²) in [7, 11) is 0. The van der Waals surface area contributed by atoms with Crippen molar-refractivity contribution in [3.63, 3.8) is 0 Å². The highest BCUT2D eigenvalue weighted by molar-refractivity contribution is 5.64. The Morgan fingerprint density at radius 2 is 1.83 bits per heavy atom. The van der Waals surface area contributed by atoms with Crippen LogP contribution in [0.25, 0.3) is 16.9 Å². The minimum absolute atomic E-state index is 0.310. The van der Waals surface area contributed by atoms with Crippen molar-refractivity contribution >= 4 is 0 Å². The van der Waals surface area contributed by atoms with E-state index < -0.39 is 6.36 Å². The number of pyridine rings is 1. The van der Waals surface area contributed by atoms with E-state index in [1.54, 1.807) is 18.5 Å². The Morgan fingerprint density at radius 3 is 2.55 bits per heavy atom. The first-order chi connectivity index (χ1) is 14.0. The molecule has 0 aliphatic carbocycles. The van der Waals surface area contributed by atoms with Gasteiger partial charge < -0.3 is 10.1 Å². The lowest BCUT2D eigenvalue weighted by molar-refractivity contribution is -0.274. The lowest BCUT2D eigenvalue weighted by Crippen LogP contribution is -2.43. The van der Waals surface area contributed by atoms with Crippen LogP contribution in [-0.4, -0.2) is 57.4 Å². The molecule has 0 radical (unpaired) electrons. The molecule has 0 amide bonds. The molecule has 0 bridgehead atoms. The molecule has 1 saturated heterocycles. The van der Waals surface area contributed by atoms with Gasteiger partial charge in [-0.15, -0.1) is 18.3 Å². The maximum absolute atomic E-state index is 12.6. The molecule has 2 aromatic heterocycles. The molecule has 1 aliphatic heterocycles. The molecule has 10 heteroatoms. The molecule has 7 nitrogen and oxygen atoms in total. The summed E-state index contributed by atoms with van der Waals surface area (Å²) in [4.78, 5) is 6.31. The molecular weight excluding hydrogens is 385 g/mol. The molecule has 29 heavy (non-hydrogen) atoms. The zero-order valence-corrected chi connectivity index (χ0v) is 15.4. The van der Waals surface area contributed by atoms with Gasteiger partial charge in [-0.2, -0.15) is 0 Å². The molecule has 0 spiro atoms. The number of nitrogens with one attached hydrogen (secondary N) is 1. The van der Waals surface area contributed by atoms with Crippen molar-refractivity contribution in [2.75, 3.05) is 26.2 Å². The van der Waals surface area contributed by atoms with Gasteiger partial charge in [0.05, 0.1) is 11.4 Å². The van der Waals surface area contributed by atoms with E-state index in [9.17, 15) is 13.2 Å². The van der Waals surface area contributed by atoms with Gasteiger partial charge in [0.15, 0.2) is 0 Å². The van der Waals surface area contributed by atoms with Gasteiger partial charge in [-0.25, -0.2) is 4.68 Å². The van der Waals surface area contributed by atoms with Crippen LogP contribution in [0.4, 0.5) is 13.2 Å². The van der Waals surface area contributed by atoms with Crippen LogP contribution in [0.15, 0.2) is 48.8 Å². The van der Waals surface area contributed by atoms with E-state index in [0.717, 1.165) is 43.1 Å². The lowest BCUT2D eigenvalue weighted by atomic mass is 10.1. The maximum Gasteiger partial charge on any atom is 0.573 e. The molecule has 1 N–H and O–H groups in total. The number of aromatic nitrogens is 4. The fourth-order valence-electron chi connectivity index (χ4n) is 3.29. The van der Waals surface area contributed by atoms with E-state index in [-0.39, 0.29) is 5.75 Å². The van der Waals surface area contributed by atoms with Crippen molar-refractivity contribution < 1.29 is 17.9 Å². The molecule has 3 aromatic rings. The van der Waals surface area contributed by atoms with Gasteiger partial charge in [-0.3, -0.25) is 9.88 Å². The monoisotopic (exact) mass is 404 g/mol. The summed E-state index contributed by atoms with van der Waals surface area (Å²) < 4.78 is 43.4. The van der Waals surface area contributed by atoms with Crippen molar-refractivity contribution in [2.24, 2.45) is 0 Å². The number of rotatable bonds is 5. The first kappa shape index (κ1) is 19.3. The Morgan fingerprint density at radius 1 is 1.07 bits per heavy atom. The summed E-state index contributed by atoms with van der Waals surface area (Å²) >= 11 is 0. The standard InChI is InChI=1S/C19H19F3N6O/c20-19(21,22)29-16-3-1-2-15(12-16)28-18(14-4-6-23-7-5-14)17(25-26-28)13-27-10-8-24-9-11-27/h1-7,12,24H,8-11,13H2. The third-order valence-electron chi connectivity index (χ3n) is 4.57. The van der Waals surface area contributed by atoms with E-state index >= 15 is 0 Å². The number of nitrogens with zero attached hydrogens (tertiary/aromatic N) is 5. The van der Waals surface area contributed by atoms with Gasteiger partial charge in [-0.1, -0.05) is 11.3 Å². The first-order valence-corrected chi connectivity index (χ1v) is 9.14. The molecule has 3 heterocycles. The van der Waals surface area contributed by atoms with E-state index in [2.05, 4.69) is 30.2 Å². The highest BCUT2D eigenvalue weighted by atomic mass is 19.4. The van der Waals surface area contributed by atoms with Crippen LogP contribution in [0, 0.1) is 0 Å². The summed E-state index contributed by atoms with van der Waals surface area (Å²) in [6.07, 6.45) is -1.45. The molecule has 0 unspecified atom stereocenters. The summed E-state index contributed by atoms with van der Waals surface area (Å²) in [5.74, 6) is -0.310. The Labute approximate surface area is 165 Å². The van der Waals surface area contributed by atoms with E-state index in [4.69, 9.17) is 0 Å². The summed E-state index contributed by atoms with van der Waals surface area (Å²) in [6, 6.07) is 9.35. The summed E-state index contributed by atoms with van der Waals surface area (Å²) in [6.45, 7) is 4.16. The average molecular weight is 404 g/mol. The van der Waals surface area contributed by atoms with Crippen molar-refractivity contribution in [2.45, 2.75) is 12.9 Å². The van der Waals surface area contributed by atoms with Gasteiger partial charge in [0.2, 0.25) is 0 Å². The van der Waals surface area contributed by atoms with E-state index in [0.29, 0.717) is 12.2 Å². The minimum Gasteiger partial charge on any atom is -0.406 e. The Kier molecular flexibility index (Phi) is 5.45. The molecular formula is C19H19F3N6O. The van der Waals surface area contributed by atoms with Crippen LogP contribution in [-0.2, 0) is 6.54 Å². The van der Waals surface area contributed by atoms with Crippen molar-refractivity contribution in [3.05, 3.63) is 54.5 Å². The molecule has 152 valence electrons. The fraction of sp³-hybridized carbons (Fsp3) is 0.316. The number of halogens is 3. The third-order valence-corrected chi connectivity index (χ3v) is 4.57. The lowest BCUT2D eigenvalue weighted by Gasteiger charge is -2.26. The van der Waals surface area contributed by atoms with Crippen molar-refractivity contribution in [3.8, 4) is 22.7 Å². The Bertz CT molecular complexity index is 954. The number of hydrogen-bond acceptors (Lipinski definition) is 6. The average Bonchev–Trinajstić information content (AvgIpc) is 3.12. The second-order valence-corrected chi connectivity index (χ2v) is 6.60. The maximum atomic E-state index is 12.6. The topological polar surface area (TPSA) is 68.1 Å². The number of benzene rings is 1. The van der Waals surface area contributed by atoms with Gasteiger partial charge in [0, 0.05) is 56.7 Å². The number of alkyl halides is 3. The summed E-state index contributed by atoms with van der Waals surface area (Å²) in [5, 5.41) is 11.9. The SMILES string of the molecule is FC(F)(F)Oc1cccc(-n2nnc(CN3CCNCC3)c2-c2ccncc2)c1. The quantitative estimate of drug-likeness (QED) is 0.705. The molecule has 0 saturated carbocycles. The third kappa shape index (κ3) is 4.72. The second kappa shape index (κ2) is 8.18. The fourth-order valence-corrected chi connectivity index (χ4v) is 3.29. The molecule has 4 rings (SSSR count). The second-order valence-electron chi connectivity index (χ2n) is 6.60. The highest BCUT2D eigenvalue weighted by Crippen LogP contribution is 2.29. The van der Waals surface area contributed by atoms with Crippen molar-refractivity contribution in [1.82, 2.24) is 30.2 Å². The Balaban J connectivity index is 1.73. The van der Waals surface area contributed by atoms with Gasteiger partial charge in [0.25, 0.3) is 0 Å². The van der Waals surface area contributed by atoms with Gasteiger partial charge in [-0.05, 0) is 24.3 Å². The van der Waals surface area contributed by atoms with Crippen LogP contribution in [0.1, 0.15) is 5.69 Å². The largest absolute Gasteiger partial charge is 0.573 e. The summed E-state index contributed by atoms with van der Waals surface area (Å²) in [5.41, 5.74) is 2.73. The molecule has 1 aliphatic rings. The zero-order chi connectivity index (χ0) is 20.3. The van der Waals surface area contributed by atoms with Crippen LogP contribution < -0.4 is 10.1 Å². The Hall–Kier alpha value is -2.98. The molecule has 0 atom stereocenters. The zero-order valence-electron chi connectivity index (χ0n) is 15.4. The highest BCUT2D eigenvalue weighted by Gasteiger charge is 2.31. The molecule has 1 aromatic carbocycles.